The largest absolute Gasteiger partial charge is 0.493 e. The summed E-state index contributed by atoms with van der Waals surface area (Å²) in [5.41, 5.74) is 4.48. The van der Waals surface area contributed by atoms with Gasteiger partial charge in [0.2, 0.25) is 0 Å². The van der Waals surface area contributed by atoms with Gasteiger partial charge in [-0.2, -0.15) is 5.10 Å². The fraction of sp³-hybridized carbons (Fsp3) is 0.240. The molecular formula is C25H26N4O3. The van der Waals surface area contributed by atoms with Crippen LogP contribution >= 0.6 is 0 Å². The molecule has 0 saturated carbocycles. The number of benzene rings is 2. The molecule has 0 saturated heterocycles. The van der Waals surface area contributed by atoms with Gasteiger partial charge in [-0.3, -0.25) is 14.8 Å². The van der Waals surface area contributed by atoms with E-state index in [1.54, 1.807) is 38.7 Å². The minimum Gasteiger partial charge on any atom is -0.493 e. The first-order chi connectivity index (χ1) is 15.7. The lowest BCUT2D eigenvalue weighted by atomic mass is 10.0. The summed E-state index contributed by atoms with van der Waals surface area (Å²) in [4.78, 5) is 16.3. The molecule has 0 radical (unpaired) electrons. The lowest BCUT2D eigenvalue weighted by molar-refractivity contribution is 0.102. The number of ether oxygens (including phenoxy) is 2. The third-order valence-corrected chi connectivity index (χ3v) is 5.31. The SMILES string of the molecule is COc1ccc(C2=NN(Cc3ccc(NC(=O)c4cccnc4)cc3)CCC2)cc1OC. The molecule has 2 aromatic carbocycles. The van der Waals surface area contributed by atoms with Crippen LogP contribution in [0.15, 0.2) is 72.1 Å². The number of methoxy groups -OCH3 is 2. The van der Waals surface area contributed by atoms with E-state index in [1.165, 1.54) is 0 Å². The second-order valence-electron chi connectivity index (χ2n) is 7.50. The summed E-state index contributed by atoms with van der Waals surface area (Å²) in [6, 6.07) is 17.2. The predicted molar refractivity (Wildman–Crippen MR) is 124 cm³/mol. The average molecular weight is 431 g/mol. The molecule has 0 unspecified atom stereocenters. The zero-order valence-electron chi connectivity index (χ0n) is 18.2. The fourth-order valence-corrected chi connectivity index (χ4v) is 3.64. The quantitative estimate of drug-likeness (QED) is 0.603. The van der Waals surface area contributed by atoms with Crippen LogP contribution in [-0.4, -0.2) is 42.4 Å². The number of rotatable bonds is 7. The van der Waals surface area contributed by atoms with E-state index >= 15 is 0 Å². The number of hydrogen-bond donors (Lipinski definition) is 1. The molecule has 7 heteroatoms. The summed E-state index contributed by atoms with van der Waals surface area (Å²) in [5, 5.41) is 9.84. The maximum Gasteiger partial charge on any atom is 0.257 e. The number of pyridine rings is 1. The van der Waals surface area contributed by atoms with Crippen LogP contribution in [0.4, 0.5) is 5.69 Å². The van der Waals surface area contributed by atoms with Crippen molar-refractivity contribution in [2.75, 3.05) is 26.1 Å². The van der Waals surface area contributed by atoms with E-state index < -0.39 is 0 Å². The number of nitrogens with one attached hydrogen (secondary N) is 1. The molecule has 0 aliphatic carbocycles. The van der Waals surface area contributed by atoms with Gasteiger partial charge in [-0.25, -0.2) is 0 Å². The molecule has 3 aromatic rings. The average Bonchev–Trinajstić information content (AvgIpc) is 2.85. The molecule has 4 rings (SSSR count). The third-order valence-electron chi connectivity index (χ3n) is 5.31. The summed E-state index contributed by atoms with van der Waals surface area (Å²) in [6.07, 6.45) is 5.15. The predicted octanol–water partition coefficient (Wildman–Crippen LogP) is 4.35. The van der Waals surface area contributed by atoms with Gasteiger partial charge in [0.1, 0.15) is 0 Å². The first-order valence-corrected chi connectivity index (χ1v) is 10.5. The van der Waals surface area contributed by atoms with Crippen molar-refractivity contribution >= 4 is 17.3 Å². The summed E-state index contributed by atoms with van der Waals surface area (Å²) >= 11 is 0. The Bertz CT molecular complexity index is 1100. The van der Waals surface area contributed by atoms with Crippen LogP contribution in [0, 0.1) is 0 Å². The topological polar surface area (TPSA) is 76.0 Å². The van der Waals surface area contributed by atoms with Crippen LogP contribution in [0.1, 0.15) is 34.3 Å². The molecule has 0 spiro atoms. The Morgan fingerprint density at radius 1 is 1.06 bits per heavy atom. The molecular weight excluding hydrogens is 404 g/mol. The van der Waals surface area contributed by atoms with E-state index in [-0.39, 0.29) is 5.91 Å². The molecule has 2 heterocycles. The molecule has 1 aliphatic rings. The van der Waals surface area contributed by atoms with Gasteiger partial charge >= 0.3 is 0 Å². The number of carbonyl (C=O) groups is 1. The van der Waals surface area contributed by atoms with E-state index in [0.29, 0.717) is 23.6 Å². The second kappa shape index (κ2) is 9.96. The number of nitrogens with zero attached hydrogens (tertiary/aromatic N) is 3. The van der Waals surface area contributed by atoms with Gasteiger partial charge in [-0.1, -0.05) is 12.1 Å². The van der Waals surface area contributed by atoms with Gasteiger partial charge in [0, 0.05) is 30.2 Å². The van der Waals surface area contributed by atoms with Crippen molar-refractivity contribution in [3.63, 3.8) is 0 Å². The van der Waals surface area contributed by atoms with Gasteiger partial charge in [0.15, 0.2) is 11.5 Å². The van der Waals surface area contributed by atoms with Crippen LogP contribution in [0.3, 0.4) is 0 Å². The molecule has 1 N–H and O–H groups in total. The molecule has 32 heavy (non-hydrogen) atoms. The Balaban J connectivity index is 1.42. The first-order valence-electron chi connectivity index (χ1n) is 10.5. The molecule has 0 bridgehead atoms. The normalized spacial score (nSPS) is 13.3. The highest BCUT2D eigenvalue weighted by atomic mass is 16.5. The van der Waals surface area contributed by atoms with E-state index in [1.807, 2.05) is 42.5 Å². The fourth-order valence-electron chi connectivity index (χ4n) is 3.64. The molecule has 1 amide bonds. The van der Waals surface area contributed by atoms with Gasteiger partial charge in [-0.05, 0) is 60.9 Å². The zero-order valence-corrected chi connectivity index (χ0v) is 18.2. The van der Waals surface area contributed by atoms with Gasteiger partial charge in [0.05, 0.1) is 32.0 Å². The zero-order chi connectivity index (χ0) is 22.3. The minimum absolute atomic E-state index is 0.175. The number of carbonyl (C=O) groups excluding carboxylic acids is 1. The highest BCUT2D eigenvalue weighted by molar-refractivity contribution is 6.04. The minimum atomic E-state index is -0.175. The summed E-state index contributed by atoms with van der Waals surface area (Å²) in [6.45, 7) is 1.60. The van der Waals surface area contributed by atoms with Crippen molar-refractivity contribution < 1.29 is 14.3 Å². The lowest BCUT2D eigenvalue weighted by Crippen LogP contribution is -2.26. The summed E-state index contributed by atoms with van der Waals surface area (Å²) in [7, 11) is 3.27. The second-order valence-corrected chi connectivity index (χ2v) is 7.50. The summed E-state index contributed by atoms with van der Waals surface area (Å²) < 4.78 is 10.8. The van der Waals surface area contributed by atoms with Gasteiger partial charge in [-0.15, -0.1) is 0 Å². The van der Waals surface area contributed by atoms with Crippen molar-refractivity contribution in [2.24, 2.45) is 5.10 Å². The molecule has 1 aliphatic heterocycles. The molecule has 0 atom stereocenters. The van der Waals surface area contributed by atoms with Crippen LogP contribution in [0.2, 0.25) is 0 Å². The van der Waals surface area contributed by atoms with Crippen LogP contribution in [0.5, 0.6) is 11.5 Å². The Labute approximate surface area is 187 Å². The first kappa shape index (κ1) is 21.4. The Morgan fingerprint density at radius 3 is 2.59 bits per heavy atom. The number of amides is 1. The maximum absolute atomic E-state index is 12.3. The number of anilines is 1. The van der Waals surface area contributed by atoms with Crippen molar-refractivity contribution in [2.45, 2.75) is 19.4 Å². The maximum atomic E-state index is 12.3. The Morgan fingerprint density at radius 2 is 1.88 bits per heavy atom. The molecule has 164 valence electrons. The smallest absolute Gasteiger partial charge is 0.257 e. The lowest BCUT2D eigenvalue weighted by Gasteiger charge is -2.26. The van der Waals surface area contributed by atoms with E-state index in [0.717, 1.165) is 41.9 Å². The number of hydrazone groups is 1. The molecule has 0 fully saturated rings. The van der Waals surface area contributed by atoms with Crippen molar-refractivity contribution in [3.05, 3.63) is 83.7 Å². The van der Waals surface area contributed by atoms with Crippen molar-refractivity contribution in [1.29, 1.82) is 0 Å². The Kier molecular flexibility index (Phi) is 6.65. The Hall–Kier alpha value is -3.87. The van der Waals surface area contributed by atoms with Gasteiger partial charge < -0.3 is 14.8 Å². The van der Waals surface area contributed by atoms with Gasteiger partial charge in [0.25, 0.3) is 5.91 Å². The molecule has 1 aromatic heterocycles. The highest BCUT2D eigenvalue weighted by Gasteiger charge is 2.16. The van der Waals surface area contributed by atoms with E-state index in [9.17, 15) is 4.79 Å². The van der Waals surface area contributed by atoms with Crippen LogP contribution in [0.25, 0.3) is 0 Å². The van der Waals surface area contributed by atoms with Crippen molar-refractivity contribution in [3.8, 4) is 11.5 Å². The number of hydrogen-bond acceptors (Lipinski definition) is 6. The standard InChI is InChI=1S/C25H26N4O3/c1-31-23-12-9-19(15-24(23)32-2)22-6-4-14-29(28-22)17-18-7-10-21(11-8-18)27-25(30)20-5-3-13-26-16-20/h3,5,7-13,15-16H,4,6,14,17H2,1-2H3,(H,27,30). The third kappa shape index (κ3) is 5.06. The van der Waals surface area contributed by atoms with Crippen LogP contribution < -0.4 is 14.8 Å². The van der Waals surface area contributed by atoms with Crippen molar-refractivity contribution in [1.82, 2.24) is 9.99 Å². The van der Waals surface area contributed by atoms with Crippen LogP contribution in [-0.2, 0) is 6.54 Å². The highest BCUT2D eigenvalue weighted by Crippen LogP contribution is 2.29. The summed E-state index contributed by atoms with van der Waals surface area (Å²) in [5.74, 6) is 1.24. The molecule has 7 nitrogen and oxygen atoms in total. The monoisotopic (exact) mass is 430 g/mol. The van der Waals surface area contributed by atoms with E-state index in [2.05, 4.69) is 15.3 Å². The van der Waals surface area contributed by atoms with E-state index in [4.69, 9.17) is 14.6 Å². The number of aromatic nitrogens is 1.